The van der Waals surface area contributed by atoms with Gasteiger partial charge in [0.25, 0.3) is 0 Å². The number of benzene rings is 1. The second-order valence-corrected chi connectivity index (χ2v) is 7.55. The summed E-state index contributed by atoms with van der Waals surface area (Å²) in [4.78, 5) is 25.8. The van der Waals surface area contributed by atoms with Crippen molar-refractivity contribution in [3.8, 4) is 0 Å². The van der Waals surface area contributed by atoms with Crippen molar-refractivity contribution in [3.63, 3.8) is 0 Å². The fourth-order valence-corrected chi connectivity index (χ4v) is 3.05. The van der Waals surface area contributed by atoms with Crippen molar-refractivity contribution in [2.75, 3.05) is 20.2 Å². The van der Waals surface area contributed by atoms with Crippen molar-refractivity contribution in [3.05, 3.63) is 33.8 Å². The molecule has 1 saturated heterocycles. The molecule has 0 N–H and O–H groups in total. The summed E-state index contributed by atoms with van der Waals surface area (Å²) >= 11 is 3.44. The van der Waals surface area contributed by atoms with Crippen LogP contribution in [0.1, 0.15) is 49.0 Å². The van der Waals surface area contributed by atoms with E-state index in [-0.39, 0.29) is 18.0 Å². The molecule has 1 aliphatic rings. The van der Waals surface area contributed by atoms with Crippen molar-refractivity contribution in [1.29, 1.82) is 0 Å². The van der Waals surface area contributed by atoms with E-state index < -0.39 is 5.60 Å². The van der Waals surface area contributed by atoms with Gasteiger partial charge in [-0.15, -0.1) is 0 Å². The summed E-state index contributed by atoms with van der Waals surface area (Å²) in [6.07, 6.45) is 0.481. The highest BCUT2D eigenvalue weighted by atomic mass is 79.9. The highest BCUT2D eigenvalue weighted by Gasteiger charge is 2.32. The summed E-state index contributed by atoms with van der Waals surface area (Å²) in [5.41, 5.74) is 0.936. The van der Waals surface area contributed by atoms with Crippen LogP contribution in [0.2, 0.25) is 0 Å². The Morgan fingerprint density at radius 3 is 2.61 bits per heavy atom. The maximum atomic E-state index is 12.2. The first-order chi connectivity index (χ1) is 10.7. The number of nitrogens with zero attached hydrogens (tertiary/aromatic N) is 1. The number of likely N-dealkylation sites (tertiary alicyclic amines) is 1. The molecule has 126 valence electrons. The molecule has 6 heteroatoms. The Bertz CT molecular complexity index is 609. The maximum absolute atomic E-state index is 12.2. The van der Waals surface area contributed by atoms with Crippen LogP contribution in [0.25, 0.3) is 0 Å². The minimum Gasteiger partial charge on any atom is -0.465 e. The van der Waals surface area contributed by atoms with Crippen LogP contribution in [-0.2, 0) is 9.47 Å². The number of amides is 1. The molecule has 1 heterocycles. The summed E-state index contributed by atoms with van der Waals surface area (Å²) in [6, 6.07) is 5.49. The number of carbonyl (C=O) groups excluding carboxylic acids is 2. The van der Waals surface area contributed by atoms with Crippen LogP contribution >= 0.6 is 15.9 Å². The zero-order chi connectivity index (χ0) is 17.2. The van der Waals surface area contributed by atoms with E-state index in [4.69, 9.17) is 9.47 Å². The third-order valence-electron chi connectivity index (χ3n) is 3.70. The number of hydrogen-bond donors (Lipinski definition) is 0. The Morgan fingerprint density at radius 2 is 2.00 bits per heavy atom. The number of ether oxygens (including phenoxy) is 2. The molecule has 0 saturated carbocycles. The van der Waals surface area contributed by atoms with Crippen molar-refractivity contribution in [2.45, 2.75) is 38.7 Å². The quantitative estimate of drug-likeness (QED) is 0.725. The molecule has 0 aliphatic carbocycles. The van der Waals surface area contributed by atoms with E-state index in [0.717, 1.165) is 16.5 Å². The number of hydrogen-bond acceptors (Lipinski definition) is 4. The Hall–Kier alpha value is -1.56. The van der Waals surface area contributed by atoms with Gasteiger partial charge in [-0.25, -0.2) is 9.59 Å². The Kier molecular flexibility index (Phi) is 5.34. The molecule has 1 atom stereocenters. The third-order valence-corrected chi connectivity index (χ3v) is 4.19. The summed E-state index contributed by atoms with van der Waals surface area (Å²) in [5, 5.41) is 0. The number of esters is 1. The molecule has 1 aromatic rings. The van der Waals surface area contributed by atoms with E-state index in [9.17, 15) is 9.59 Å². The Morgan fingerprint density at radius 1 is 1.30 bits per heavy atom. The van der Waals surface area contributed by atoms with E-state index in [1.807, 2.05) is 32.9 Å². The fourth-order valence-electron chi connectivity index (χ4n) is 2.67. The second kappa shape index (κ2) is 6.91. The van der Waals surface area contributed by atoms with E-state index in [1.165, 1.54) is 7.11 Å². The molecule has 1 amide bonds. The van der Waals surface area contributed by atoms with E-state index in [1.54, 1.807) is 11.0 Å². The van der Waals surface area contributed by atoms with Crippen LogP contribution in [0.4, 0.5) is 4.79 Å². The molecular formula is C17H22BrNO4. The fraction of sp³-hybridized carbons (Fsp3) is 0.529. The van der Waals surface area contributed by atoms with Crippen LogP contribution in [0, 0.1) is 0 Å². The van der Waals surface area contributed by atoms with Crippen LogP contribution in [0.15, 0.2) is 22.7 Å². The van der Waals surface area contributed by atoms with Crippen LogP contribution in [0.3, 0.4) is 0 Å². The normalized spacial score (nSPS) is 18.0. The van der Waals surface area contributed by atoms with Gasteiger partial charge < -0.3 is 14.4 Å². The van der Waals surface area contributed by atoms with Gasteiger partial charge in [0.05, 0.1) is 12.7 Å². The number of carbonyl (C=O) groups is 2. The minimum absolute atomic E-state index is 0.0918. The maximum Gasteiger partial charge on any atom is 0.410 e. The minimum atomic E-state index is -0.512. The van der Waals surface area contributed by atoms with Crippen LogP contribution in [0.5, 0.6) is 0 Å². The molecule has 0 aromatic heterocycles. The van der Waals surface area contributed by atoms with Gasteiger partial charge in [0.1, 0.15) is 5.60 Å². The van der Waals surface area contributed by atoms with E-state index in [0.29, 0.717) is 18.7 Å². The topological polar surface area (TPSA) is 55.8 Å². The van der Waals surface area contributed by atoms with Crippen molar-refractivity contribution >= 4 is 28.0 Å². The first kappa shape index (κ1) is 17.8. The van der Waals surface area contributed by atoms with Crippen molar-refractivity contribution in [2.24, 2.45) is 0 Å². The smallest absolute Gasteiger partial charge is 0.410 e. The van der Waals surface area contributed by atoms with E-state index >= 15 is 0 Å². The first-order valence-corrected chi connectivity index (χ1v) is 8.36. The number of methoxy groups -OCH3 is 1. The van der Waals surface area contributed by atoms with Crippen LogP contribution < -0.4 is 0 Å². The van der Waals surface area contributed by atoms with Crippen molar-refractivity contribution in [1.82, 2.24) is 4.90 Å². The lowest BCUT2D eigenvalue weighted by Gasteiger charge is -2.24. The molecule has 1 aliphatic heterocycles. The molecular weight excluding hydrogens is 362 g/mol. The lowest BCUT2D eigenvalue weighted by molar-refractivity contribution is 0.0292. The molecule has 0 bridgehead atoms. The van der Waals surface area contributed by atoms with Gasteiger partial charge >= 0.3 is 12.1 Å². The van der Waals surface area contributed by atoms with Gasteiger partial charge in [-0.3, -0.25) is 0 Å². The lowest BCUT2D eigenvalue weighted by atomic mass is 9.93. The first-order valence-electron chi connectivity index (χ1n) is 7.57. The van der Waals surface area contributed by atoms with Gasteiger partial charge in [0.15, 0.2) is 0 Å². The van der Waals surface area contributed by atoms with Gasteiger partial charge in [0, 0.05) is 23.5 Å². The Balaban J connectivity index is 2.17. The molecule has 1 aromatic carbocycles. The highest BCUT2D eigenvalue weighted by molar-refractivity contribution is 9.10. The average Bonchev–Trinajstić information content (AvgIpc) is 2.94. The molecule has 23 heavy (non-hydrogen) atoms. The highest BCUT2D eigenvalue weighted by Crippen LogP contribution is 2.32. The Labute approximate surface area is 145 Å². The number of halogens is 1. The monoisotopic (exact) mass is 383 g/mol. The van der Waals surface area contributed by atoms with Crippen molar-refractivity contribution < 1.29 is 19.1 Å². The molecule has 0 radical (unpaired) electrons. The largest absolute Gasteiger partial charge is 0.465 e. The lowest BCUT2D eigenvalue weighted by Crippen LogP contribution is -2.35. The SMILES string of the molecule is COC(=O)c1ccc(Br)cc1C1CCN(C(=O)OC(C)(C)C)C1. The van der Waals surface area contributed by atoms with Gasteiger partial charge in [-0.2, -0.15) is 0 Å². The molecule has 0 spiro atoms. The number of rotatable bonds is 2. The van der Waals surface area contributed by atoms with Gasteiger partial charge in [-0.05, 0) is 51.0 Å². The summed E-state index contributed by atoms with van der Waals surface area (Å²) < 4.78 is 11.2. The summed E-state index contributed by atoms with van der Waals surface area (Å²) in [5.74, 6) is -0.266. The molecule has 2 rings (SSSR count). The molecule has 1 unspecified atom stereocenters. The molecule has 5 nitrogen and oxygen atoms in total. The standard InChI is InChI=1S/C17H22BrNO4/c1-17(2,3)23-16(21)19-8-7-11(10-19)14-9-12(18)5-6-13(14)15(20)22-4/h5-6,9,11H,7-8,10H2,1-4H3. The van der Waals surface area contributed by atoms with E-state index in [2.05, 4.69) is 15.9 Å². The van der Waals surface area contributed by atoms with Gasteiger partial charge in [-0.1, -0.05) is 15.9 Å². The third kappa shape index (κ3) is 4.47. The average molecular weight is 384 g/mol. The summed E-state index contributed by atoms with van der Waals surface area (Å²) in [6.45, 7) is 6.70. The van der Waals surface area contributed by atoms with Crippen LogP contribution in [-0.4, -0.2) is 42.8 Å². The zero-order valence-corrected chi connectivity index (χ0v) is 15.5. The predicted molar refractivity (Wildman–Crippen MR) is 90.6 cm³/mol. The zero-order valence-electron chi connectivity index (χ0n) is 13.9. The van der Waals surface area contributed by atoms with Gasteiger partial charge in [0.2, 0.25) is 0 Å². The molecule has 1 fully saturated rings. The second-order valence-electron chi connectivity index (χ2n) is 6.64. The summed E-state index contributed by atoms with van der Waals surface area (Å²) in [7, 11) is 1.37. The predicted octanol–water partition coefficient (Wildman–Crippen LogP) is 3.96.